The molecule has 2 unspecified atom stereocenters. The molecule has 1 aromatic heterocycles. The summed E-state index contributed by atoms with van der Waals surface area (Å²) in [4.78, 5) is 3.99. The molecule has 3 nitrogen and oxygen atoms in total. The summed E-state index contributed by atoms with van der Waals surface area (Å²) in [6, 6.07) is 4.42. The first-order valence-electron chi connectivity index (χ1n) is 4.87. The molecule has 1 heterocycles. The van der Waals surface area contributed by atoms with Gasteiger partial charge >= 0.3 is 0 Å². The van der Waals surface area contributed by atoms with E-state index in [1.807, 2.05) is 31.6 Å². The summed E-state index contributed by atoms with van der Waals surface area (Å²) in [6.45, 7) is 2.07. The van der Waals surface area contributed by atoms with Gasteiger partial charge in [0.05, 0.1) is 6.10 Å². The molecule has 1 rings (SSSR count). The minimum atomic E-state index is 0.216. The Morgan fingerprint density at radius 1 is 1.43 bits per heavy atom. The third-order valence-corrected chi connectivity index (χ3v) is 2.51. The second-order valence-electron chi connectivity index (χ2n) is 3.40. The van der Waals surface area contributed by atoms with Gasteiger partial charge in [-0.1, -0.05) is 0 Å². The molecule has 0 bridgehead atoms. The molecule has 0 aliphatic rings. The summed E-state index contributed by atoms with van der Waals surface area (Å²) in [5.74, 6) is 0. The van der Waals surface area contributed by atoms with Gasteiger partial charge in [-0.2, -0.15) is 0 Å². The van der Waals surface area contributed by atoms with Crippen molar-refractivity contribution in [1.82, 2.24) is 10.3 Å². The topological polar surface area (TPSA) is 34.2 Å². The van der Waals surface area contributed by atoms with E-state index in [-0.39, 0.29) is 6.10 Å². The molecule has 1 aromatic rings. The summed E-state index contributed by atoms with van der Waals surface area (Å²) >= 11 is 0. The zero-order valence-electron chi connectivity index (χ0n) is 9.03. The van der Waals surface area contributed by atoms with Gasteiger partial charge in [0, 0.05) is 25.5 Å². The van der Waals surface area contributed by atoms with Crippen LogP contribution in [-0.4, -0.2) is 31.3 Å². The normalized spacial score (nSPS) is 15.1. The molecular weight excluding hydrogens is 176 g/mol. The van der Waals surface area contributed by atoms with Gasteiger partial charge in [-0.3, -0.25) is 4.98 Å². The molecule has 78 valence electrons. The Labute approximate surface area is 85.5 Å². The number of methoxy groups -OCH3 is 1. The first kappa shape index (κ1) is 11.1. The Morgan fingerprint density at radius 3 is 2.57 bits per heavy atom. The van der Waals surface area contributed by atoms with Gasteiger partial charge < -0.3 is 10.1 Å². The molecule has 0 aromatic carbocycles. The number of rotatable bonds is 5. The number of nitrogens with zero attached hydrogens (tertiary/aromatic N) is 1. The number of likely N-dealkylation sites (N-methyl/N-ethyl adjacent to an activating group) is 1. The minimum absolute atomic E-state index is 0.216. The van der Waals surface area contributed by atoms with E-state index in [0.29, 0.717) is 6.04 Å². The highest BCUT2D eigenvalue weighted by molar-refractivity contribution is 5.11. The van der Waals surface area contributed by atoms with Crippen LogP contribution in [0.5, 0.6) is 0 Å². The van der Waals surface area contributed by atoms with Crippen molar-refractivity contribution in [2.75, 3.05) is 14.2 Å². The quantitative estimate of drug-likeness (QED) is 0.766. The number of hydrogen-bond donors (Lipinski definition) is 1. The minimum Gasteiger partial charge on any atom is -0.380 e. The Balaban J connectivity index is 2.57. The van der Waals surface area contributed by atoms with E-state index in [2.05, 4.69) is 17.2 Å². The molecule has 0 spiro atoms. The molecular formula is C11H18N2O. The van der Waals surface area contributed by atoms with Crippen LogP contribution < -0.4 is 5.32 Å². The molecule has 0 amide bonds. The molecule has 3 heteroatoms. The standard InChI is InChI=1S/C11H18N2O/c1-9(14-3)11(12-2)8-10-4-6-13-7-5-10/h4-7,9,11-12H,8H2,1-3H3. The summed E-state index contributed by atoms with van der Waals surface area (Å²) in [7, 11) is 3.70. The van der Waals surface area contributed by atoms with Crippen LogP contribution in [0.1, 0.15) is 12.5 Å². The van der Waals surface area contributed by atoms with Crippen molar-refractivity contribution in [1.29, 1.82) is 0 Å². The summed E-state index contributed by atoms with van der Waals surface area (Å²) in [6.07, 6.45) is 4.82. The SMILES string of the molecule is CNC(Cc1ccncc1)C(C)OC. The second kappa shape index (κ2) is 5.73. The molecule has 14 heavy (non-hydrogen) atoms. The van der Waals surface area contributed by atoms with Crippen LogP contribution in [0.3, 0.4) is 0 Å². The first-order chi connectivity index (χ1) is 6.77. The average molecular weight is 194 g/mol. The van der Waals surface area contributed by atoms with E-state index >= 15 is 0 Å². The fourth-order valence-electron chi connectivity index (χ4n) is 1.44. The van der Waals surface area contributed by atoms with Crippen LogP contribution in [0.15, 0.2) is 24.5 Å². The fourth-order valence-corrected chi connectivity index (χ4v) is 1.44. The average Bonchev–Trinajstić information content (AvgIpc) is 2.26. The van der Waals surface area contributed by atoms with Crippen molar-refractivity contribution in [2.24, 2.45) is 0 Å². The van der Waals surface area contributed by atoms with Crippen molar-refractivity contribution < 1.29 is 4.74 Å². The molecule has 0 aliphatic carbocycles. The van der Waals surface area contributed by atoms with E-state index in [0.717, 1.165) is 6.42 Å². The lowest BCUT2D eigenvalue weighted by molar-refractivity contribution is 0.0857. The number of hydrogen-bond acceptors (Lipinski definition) is 3. The van der Waals surface area contributed by atoms with Crippen LogP contribution in [-0.2, 0) is 11.2 Å². The van der Waals surface area contributed by atoms with E-state index in [9.17, 15) is 0 Å². The van der Waals surface area contributed by atoms with Gasteiger partial charge in [-0.05, 0) is 38.1 Å². The largest absolute Gasteiger partial charge is 0.380 e. The lowest BCUT2D eigenvalue weighted by Crippen LogP contribution is -2.38. The molecule has 0 saturated carbocycles. The molecule has 1 N–H and O–H groups in total. The lowest BCUT2D eigenvalue weighted by atomic mass is 10.0. The Kier molecular flexibility index (Phi) is 4.56. The summed E-state index contributed by atoms with van der Waals surface area (Å²) < 4.78 is 5.30. The monoisotopic (exact) mass is 194 g/mol. The van der Waals surface area contributed by atoms with Crippen LogP contribution >= 0.6 is 0 Å². The molecule has 2 atom stereocenters. The van der Waals surface area contributed by atoms with Gasteiger partial charge in [0.25, 0.3) is 0 Å². The highest BCUT2D eigenvalue weighted by Crippen LogP contribution is 2.06. The van der Waals surface area contributed by atoms with Crippen LogP contribution in [0.2, 0.25) is 0 Å². The van der Waals surface area contributed by atoms with Crippen molar-refractivity contribution in [3.05, 3.63) is 30.1 Å². The second-order valence-corrected chi connectivity index (χ2v) is 3.40. The van der Waals surface area contributed by atoms with E-state index in [1.54, 1.807) is 7.11 Å². The maximum absolute atomic E-state index is 5.30. The van der Waals surface area contributed by atoms with E-state index < -0.39 is 0 Å². The van der Waals surface area contributed by atoms with Crippen molar-refractivity contribution in [3.63, 3.8) is 0 Å². The Bertz CT molecular complexity index is 251. The molecule has 0 saturated heterocycles. The van der Waals surface area contributed by atoms with Crippen molar-refractivity contribution >= 4 is 0 Å². The third kappa shape index (κ3) is 3.09. The maximum Gasteiger partial charge on any atom is 0.0699 e. The van der Waals surface area contributed by atoms with Crippen LogP contribution in [0.25, 0.3) is 0 Å². The Morgan fingerprint density at radius 2 is 2.07 bits per heavy atom. The summed E-state index contributed by atoms with van der Waals surface area (Å²) in [5, 5.41) is 3.26. The highest BCUT2D eigenvalue weighted by Gasteiger charge is 2.14. The van der Waals surface area contributed by atoms with Crippen molar-refractivity contribution in [2.45, 2.75) is 25.5 Å². The van der Waals surface area contributed by atoms with E-state index in [4.69, 9.17) is 4.74 Å². The van der Waals surface area contributed by atoms with Crippen LogP contribution in [0, 0.1) is 0 Å². The fraction of sp³-hybridized carbons (Fsp3) is 0.545. The van der Waals surface area contributed by atoms with Gasteiger partial charge in [0.1, 0.15) is 0 Å². The zero-order valence-corrected chi connectivity index (χ0v) is 9.03. The number of ether oxygens (including phenoxy) is 1. The first-order valence-corrected chi connectivity index (χ1v) is 4.87. The number of nitrogens with one attached hydrogen (secondary N) is 1. The number of pyridine rings is 1. The third-order valence-electron chi connectivity index (χ3n) is 2.51. The van der Waals surface area contributed by atoms with Gasteiger partial charge in [-0.15, -0.1) is 0 Å². The van der Waals surface area contributed by atoms with Gasteiger partial charge in [-0.25, -0.2) is 0 Å². The van der Waals surface area contributed by atoms with Crippen molar-refractivity contribution in [3.8, 4) is 0 Å². The van der Waals surface area contributed by atoms with Crippen LogP contribution in [0.4, 0.5) is 0 Å². The number of aromatic nitrogens is 1. The molecule has 0 aliphatic heterocycles. The maximum atomic E-state index is 5.30. The van der Waals surface area contributed by atoms with Gasteiger partial charge in [0.2, 0.25) is 0 Å². The zero-order chi connectivity index (χ0) is 10.4. The summed E-state index contributed by atoms with van der Waals surface area (Å²) in [5.41, 5.74) is 1.28. The molecule has 0 fully saturated rings. The predicted octanol–water partition coefficient (Wildman–Crippen LogP) is 1.25. The molecule has 0 radical (unpaired) electrons. The Hall–Kier alpha value is -0.930. The highest BCUT2D eigenvalue weighted by atomic mass is 16.5. The lowest BCUT2D eigenvalue weighted by Gasteiger charge is -2.22. The predicted molar refractivity (Wildman–Crippen MR) is 57.3 cm³/mol. The van der Waals surface area contributed by atoms with E-state index in [1.165, 1.54) is 5.56 Å². The van der Waals surface area contributed by atoms with Gasteiger partial charge in [0.15, 0.2) is 0 Å². The smallest absolute Gasteiger partial charge is 0.0699 e.